The summed E-state index contributed by atoms with van der Waals surface area (Å²) in [5.74, 6) is -1.15. The molecule has 1 radical (unpaired) electrons. The van der Waals surface area contributed by atoms with Crippen LogP contribution in [0.15, 0.2) is 29.2 Å². The summed E-state index contributed by atoms with van der Waals surface area (Å²) in [4.78, 5) is 10.0. The van der Waals surface area contributed by atoms with Gasteiger partial charge in [-0.05, 0) is 24.3 Å². The van der Waals surface area contributed by atoms with Crippen LogP contribution in [-0.4, -0.2) is 75.4 Å². The minimum absolute atomic E-state index is 0. The van der Waals surface area contributed by atoms with Crippen LogP contribution in [0.2, 0.25) is 0 Å². The van der Waals surface area contributed by atoms with E-state index in [-0.39, 0.29) is 61.8 Å². The Hall–Kier alpha value is 0.236. The molecule has 0 atom stereocenters. The summed E-state index contributed by atoms with van der Waals surface area (Å²) in [7, 11) is -4.24. The number of aromatic carboxylic acids is 1. The molecule has 71 valence electrons. The molecule has 1 aromatic carbocycles. The summed E-state index contributed by atoms with van der Waals surface area (Å²) < 4.78 is 29.6. The van der Waals surface area contributed by atoms with Crippen molar-refractivity contribution in [2.75, 3.05) is 0 Å². The van der Waals surface area contributed by atoms with Gasteiger partial charge in [-0.2, -0.15) is 8.42 Å². The minimum Gasteiger partial charge on any atom is -0.478 e. The molecule has 7 heteroatoms. The molecule has 0 bridgehead atoms. The van der Waals surface area contributed by atoms with Crippen molar-refractivity contribution in [1.82, 2.24) is 0 Å². The monoisotopic (exact) mass is 241 g/mol. The predicted molar refractivity (Wildman–Crippen MR) is 49.0 cm³/mol. The Labute approximate surface area is 123 Å². The van der Waals surface area contributed by atoms with Gasteiger partial charge in [-0.25, -0.2) is 4.79 Å². The van der Waals surface area contributed by atoms with Gasteiger partial charge in [-0.15, -0.1) is 0 Å². The van der Waals surface area contributed by atoms with Crippen LogP contribution in [0.25, 0.3) is 0 Å². The Morgan fingerprint density at radius 1 is 1.14 bits per heavy atom. The summed E-state index contributed by atoms with van der Waals surface area (Å²) in [6.45, 7) is 0. The predicted octanol–water partition coefficient (Wildman–Crippen LogP) is 0.251. The minimum atomic E-state index is -4.24. The van der Waals surface area contributed by atoms with Crippen LogP contribution in [0.1, 0.15) is 10.4 Å². The maximum atomic E-state index is 10.5. The molecule has 0 aliphatic carbocycles. The van der Waals surface area contributed by atoms with Crippen LogP contribution in [-0.2, 0) is 10.1 Å². The van der Waals surface area contributed by atoms with Crippen molar-refractivity contribution in [3.63, 3.8) is 0 Å². The van der Waals surface area contributed by atoms with Crippen molar-refractivity contribution in [3.05, 3.63) is 29.8 Å². The zero-order valence-electron chi connectivity index (χ0n) is 7.34. The number of rotatable bonds is 2. The van der Waals surface area contributed by atoms with Gasteiger partial charge >= 0.3 is 5.97 Å². The average Bonchev–Trinajstić information content (AvgIpc) is 2.03. The molecule has 0 aliphatic heterocycles. The number of carboxylic acids is 1. The third kappa shape index (κ3) is 3.77. The summed E-state index contributed by atoms with van der Waals surface area (Å²) >= 11 is 0. The Bertz CT molecular complexity index is 422. The van der Waals surface area contributed by atoms with Gasteiger partial charge < -0.3 is 5.11 Å². The fourth-order valence-electron chi connectivity index (χ4n) is 0.769. The first-order valence-electron chi connectivity index (χ1n) is 3.22. The van der Waals surface area contributed by atoms with Crippen molar-refractivity contribution in [3.8, 4) is 0 Å². The third-order valence-electron chi connectivity index (χ3n) is 1.40. The Balaban J connectivity index is 0.00000169. The van der Waals surface area contributed by atoms with Crippen LogP contribution < -0.4 is 0 Å². The number of hydrogen-bond donors (Lipinski definition) is 2. The molecular weight excluding hydrogens is 235 g/mol. The van der Waals surface area contributed by atoms with E-state index in [0.717, 1.165) is 24.3 Å². The topological polar surface area (TPSA) is 91.7 Å². The number of hydrogen-bond acceptors (Lipinski definition) is 3. The van der Waals surface area contributed by atoms with E-state index in [9.17, 15) is 13.2 Å². The van der Waals surface area contributed by atoms with Crippen molar-refractivity contribution >= 4 is 67.5 Å². The van der Waals surface area contributed by atoms with Gasteiger partial charge in [0.2, 0.25) is 0 Å². The van der Waals surface area contributed by atoms with E-state index < -0.39 is 16.1 Å². The van der Waals surface area contributed by atoms with Crippen molar-refractivity contribution in [2.45, 2.75) is 4.90 Å². The maximum Gasteiger partial charge on any atom is 0.335 e. The van der Waals surface area contributed by atoms with Gasteiger partial charge in [0.05, 0.1) is 10.5 Å². The molecule has 14 heavy (non-hydrogen) atoms. The zero-order valence-corrected chi connectivity index (χ0v) is 11.3. The summed E-state index contributed by atoms with van der Waals surface area (Å²) in [6, 6.07) is 4.26. The standard InChI is InChI=1S/C7H6O5S.K/c8-7(9)5-1-3-6(4-2-5)13(10,11)12;/h1-4H,(H,8,9)(H,10,11,12);. The second-order valence-electron chi connectivity index (χ2n) is 2.30. The first-order chi connectivity index (χ1) is 5.91. The fourth-order valence-corrected chi connectivity index (χ4v) is 1.25. The van der Waals surface area contributed by atoms with E-state index in [2.05, 4.69) is 0 Å². The van der Waals surface area contributed by atoms with Gasteiger partial charge in [-0.1, -0.05) is 0 Å². The molecule has 0 heterocycles. The Morgan fingerprint density at radius 3 is 1.86 bits per heavy atom. The van der Waals surface area contributed by atoms with Crippen molar-refractivity contribution in [2.24, 2.45) is 0 Å². The molecule has 5 nitrogen and oxygen atoms in total. The Kier molecular flexibility index (Phi) is 5.45. The van der Waals surface area contributed by atoms with E-state index in [1.54, 1.807) is 0 Å². The molecule has 2 N–H and O–H groups in total. The molecule has 0 saturated carbocycles. The van der Waals surface area contributed by atoms with E-state index in [0.29, 0.717) is 0 Å². The number of carbonyl (C=O) groups is 1. The van der Waals surface area contributed by atoms with Crippen LogP contribution in [0.3, 0.4) is 0 Å². The van der Waals surface area contributed by atoms with Crippen LogP contribution in [0, 0.1) is 0 Å². The first-order valence-corrected chi connectivity index (χ1v) is 4.66. The number of benzene rings is 1. The molecular formula is C7H6KO5S. The third-order valence-corrected chi connectivity index (χ3v) is 2.27. The normalized spacial score (nSPS) is 10.4. The van der Waals surface area contributed by atoms with Gasteiger partial charge in [0.15, 0.2) is 0 Å². The molecule has 1 aromatic rings. The van der Waals surface area contributed by atoms with E-state index in [1.165, 1.54) is 0 Å². The molecule has 0 aliphatic rings. The van der Waals surface area contributed by atoms with Crippen molar-refractivity contribution < 1.29 is 22.9 Å². The first kappa shape index (κ1) is 14.2. The van der Waals surface area contributed by atoms with Gasteiger partial charge in [0.1, 0.15) is 0 Å². The second kappa shape index (κ2) is 5.36. The van der Waals surface area contributed by atoms with Crippen LogP contribution in [0.5, 0.6) is 0 Å². The summed E-state index contributed by atoms with van der Waals surface area (Å²) in [5, 5.41) is 8.47. The summed E-state index contributed by atoms with van der Waals surface area (Å²) in [6.07, 6.45) is 0. The quantitative estimate of drug-likeness (QED) is 0.572. The molecule has 0 saturated heterocycles. The fraction of sp³-hybridized carbons (Fsp3) is 0. The van der Waals surface area contributed by atoms with Gasteiger partial charge in [0, 0.05) is 51.4 Å². The molecule has 1 rings (SSSR count). The van der Waals surface area contributed by atoms with Gasteiger partial charge in [0.25, 0.3) is 10.1 Å². The van der Waals surface area contributed by atoms with Crippen LogP contribution >= 0.6 is 0 Å². The number of carboxylic acid groups (broad SMARTS) is 1. The van der Waals surface area contributed by atoms with Crippen LogP contribution in [0.4, 0.5) is 0 Å². The van der Waals surface area contributed by atoms with E-state index >= 15 is 0 Å². The second-order valence-corrected chi connectivity index (χ2v) is 3.73. The molecule has 0 unspecified atom stereocenters. The SMILES string of the molecule is O=C(O)c1ccc(S(=O)(=O)O)cc1.[K]. The van der Waals surface area contributed by atoms with Crippen molar-refractivity contribution in [1.29, 1.82) is 0 Å². The Morgan fingerprint density at radius 2 is 1.57 bits per heavy atom. The smallest absolute Gasteiger partial charge is 0.335 e. The van der Waals surface area contributed by atoms with Gasteiger partial charge in [-0.3, -0.25) is 4.55 Å². The molecule has 0 aromatic heterocycles. The maximum absolute atomic E-state index is 10.5. The zero-order chi connectivity index (χ0) is 10.1. The largest absolute Gasteiger partial charge is 0.478 e. The molecule has 0 fully saturated rings. The van der Waals surface area contributed by atoms with E-state index in [4.69, 9.17) is 9.66 Å². The molecule has 0 spiro atoms. The summed E-state index contributed by atoms with van der Waals surface area (Å²) in [5.41, 5.74) is -0.0348. The average molecular weight is 241 g/mol. The molecule has 0 amide bonds. The van der Waals surface area contributed by atoms with E-state index in [1.807, 2.05) is 0 Å².